The molecule has 0 bridgehead atoms. The predicted octanol–water partition coefficient (Wildman–Crippen LogP) is 3.27. The Kier molecular flexibility index (Phi) is 5.32. The van der Waals surface area contributed by atoms with Crippen LogP contribution in [0.15, 0.2) is 36.4 Å². The summed E-state index contributed by atoms with van der Waals surface area (Å²) >= 11 is 6.10. The molecule has 106 valence electrons. The van der Waals surface area contributed by atoms with Crippen LogP contribution in [0.3, 0.4) is 0 Å². The number of hydrogen-bond acceptors (Lipinski definition) is 4. The summed E-state index contributed by atoms with van der Waals surface area (Å²) in [6.07, 6.45) is 0.940. The minimum absolute atomic E-state index is 0.451. The lowest BCUT2D eigenvalue weighted by Gasteiger charge is -2.18. The molecule has 0 spiro atoms. The molecule has 0 saturated carbocycles. The maximum absolute atomic E-state index is 6.10. The fourth-order valence-electron chi connectivity index (χ4n) is 1.88. The van der Waals surface area contributed by atoms with Gasteiger partial charge in [0, 0.05) is 38.9 Å². The van der Waals surface area contributed by atoms with E-state index in [0.29, 0.717) is 11.0 Å². The van der Waals surface area contributed by atoms with E-state index in [1.165, 1.54) is 0 Å². The smallest absolute Gasteiger partial charge is 0.163 e. The van der Waals surface area contributed by atoms with Crippen molar-refractivity contribution in [3.05, 3.63) is 41.6 Å². The Morgan fingerprint density at radius 3 is 2.65 bits per heavy atom. The molecule has 4 nitrogen and oxygen atoms in total. The first-order valence-electron chi connectivity index (χ1n) is 6.51. The number of rotatable bonds is 6. The third-order valence-electron chi connectivity index (χ3n) is 2.95. The average Bonchev–Trinajstić information content (AvgIpc) is 2.47. The average molecular weight is 292 g/mol. The first-order chi connectivity index (χ1) is 9.70. The van der Waals surface area contributed by atoms with Crippen molar-refractivity contribution in [3.63, 3.8) is 0 Å². The maximum atomic E-state index is 6.10. The highest BCUT2D eigenvalue weighted by atomic mass is 35.5. The molecule has 2 rings (SSSR count). The normalized spacial score (nSPS) is 10.6. The second-order valence-electron chi connectivity index (χ2n) is 4.51. The summed E-state index contributed by atoms with van der Waals surface area (Å²) in [6.45, 7) is 1.59. The van der Waals surface area contributed by atoms with Crippen molar-refractivity contribution in [1.82, 2.24) is 9.97 Å². The predicted molar refractivity (Wildman–Crippen MR) is 82.2 cm³/mol. The zero-order chi connectivity index (χ0) is 14.4. The largest absolute Gasteiger partial charge is 0.385 e. The molecule has 2 aromatic rings. The van der Waals surface area contributed by atoms with E-state index >= 15 is 0 Å². The van der Waals surface area contributed by atoms with Gasteiger partial charge in [0.2, 0.25) is 0 Å². The zero-order valence-corrected chi connectivity index (χ0v) is 12.5. The number of methoxy groups -OCH3 is 1. The number of aromatic nitrogens is 2. The molecule has 1 heterocycles. The molecule has 0 fully saturated rings. The molecule has 0 aliphatic carbocycles. The third kappa shape index (κ3) is 3.92. The van der Waals surface area contributed by atoms with Crippen LogP contribution in [0.5, 0.6) is 0 Å². The zero-order valence-electron chi connectivity index (χ0n) is 11.7. The lowest BCUT2D eigenvalue weighted by Crippen LogP contribution is -2.21. The molecular weight excluding hydrogens is 274 g/mol. The Hall–Kier alpha value is -1.65. The van der Waals surface area contributed by atoms with Gasteiger partial charge in [0.05, 0.1) is 0 Å². The van der Waals surface area contributed by atoms with E-state index in [-0.39, 0.29) is 0 Å². The number of anilines is 1. The number of halogens is 1. The monoisotopic (exact) mass is 291 g/mol. The summed E-state index contributed by atoms with van der Waals surface area (Å²) in [6, 6.07) is 11.6. The SMILES string of the molecule is COCCCN(C)c1cc(Cl)nc(-c2ccccc2)n1. The lowest BCUT2D eigenvalue weighted by molar-refractivity contribution is 0.196. The van der Waals surface area contributed by atoms with Gasteiger partial charge in [-0.2, -0.15) is 0 Å². The highest BCUT2D eigenvalue weighted by Gasteiger charge is 2.09. The number of ether oxygens (including phenoxy) is 1. The summed E-state index contributed by atoms with van der Waals surface area (Å²) in [5, 5.41) is 0.451. The van der Waals surface area contributed by atoms with E-state index in [2.05, 4.69) is 14.9 Å². The highest BCUT2D eigenvalue weighted by molar-refractivity contribution is 6.29. The van der Waals surface area contributed by atoms with Crippen molar-refractivity contribution in [2.75, 3.05) is 32.2 Å². The van der Waals surface area contributed by atoms with Crippen LogP contribution in [0.2, 0.25) is 5.15 Å². The van der Waals surface area contributed by atoms with Crippen LogP contribution in [-0.4, -0.2) is 37.3 Å². The molecule has 0 N–H and O–H groups in total. The molecule has 1 aromatic heterocycles. The van der Waals surface area contributed by atoms with Crippen LogP contribution in [0.1, 0.15) is 6.42 Å². The van der Waals surface area contributed by atoms with Gasteiger partial charge in [0.1, 0.15) is 11.0 Å². The van der Waals surface area contributed by atoms with Crippen LogP contribution in [0, 0.1) is 0 Å². The Morgan fingerprint density at radius 2 is 1.95 bits per heavy atom. The van der Waals surface area contributed by atoms with Gasteiger partial charge in [-0.05, 0) is 6.42 Å². The van der Waals surface area contributed by atoms with E-state index in [4.69, 9.17) is 16.3 Å². The minimum atomic E-state index is 0.451. The van der Waals surface area contributed by atoms with Crippen LogP contribution < -0.4 is 4.90 Å². The van der Waals surface area contributed by atoms with Gasteiger partial charge < -0.3 is 9.64 Å². The summed E-state index contributed by atoms with van der Waals surface area (Å²) in [4.78, 5) is 10.9. The van der Waals surface area contributed by atoms with Gasteiger partial charge in [0.15, 0.2) is 5.82 Å². The van der Waals surface area contributed by atoms with Crippen molar-refractivity contribution in [1.29, 1.82) is 0 Å². The summed E-state index contributed by atoms with van der Waals surface area (Å²) in [7, 11) is 3.69. The minimum Gasteiger partial charge on any atom is -0.385 e. The molecule has 0 atom stereocenters. The lowest BCUT2D eigenvalue weighted by atomic mass is 10.2. The summed E-state index contributed by atoms with van der Waals surface area (Å²) in [5.74, 6) is 1.46. The Morgan fingerprint density at radius 1 is 1.20 bits per heavy atom. The Bertz CT molecular complexity index is 548. The van der Waals surface area contributed by atoms with Crippen molar-refractivity contribution in [3.8, 4) is 11.4 Å². The molecule has 0 saturated heterocycles. The number of benzene rings is 1. The van der Waals surface area contributed by atoms with Gasteiger partial charge in [-0.3, -0.25) is 0 Å². The van der Waals surface area contributed by atoms with E-state index in [0.717, 1.165) is 31.0 Å². The van der Waals surface area contributed by atoms with E-state index in [1.807, 2.05) is 37.4 Å². The molecule has 1 aromatic carbocycles. The molecular formula is C15H18ClN3O. The molecule has 0 unspecified atom stereocenters. The molecule has 20 heavy (non-hydrogen) atoms. The number of hydrogen-bond donors (Lipinski definition) is 0. The van der Waals surface area contributed by atoms with Gasteiger partial charge in [-0.25, -0.2) is 9.97 Å². The van der Waals surface area contributed by atoms with Gasteiger partial charge in [0.25, 0.3) is 0 Å². The van der Waals surface area contributed by atoms with Crippen LogP contribution in [0.4, 0.5) is 5.82 Å². The maximum Gasteiger partial charge on any atom is 0.163 e. The Labute approximate surface area is 124 Å². The highest BCUT2D eigenvalue weighted by Crippen LogP contribution is 2.21. The third-order valence-corrected chi connectivity index (χ3v) is 3.14. The van der Waals surface area contributed by atoms with Gasteiger partial charge >= 0.3 is 0 Å². The quantitative estimate of drug-likeness (QED) is 0.605. The van der Waals surface area contributed by atoms with Crippen molar-refractivity contribution >= 4 is 17.4 Å². The van der Waals surface area contributed by atoms with E-state index < -0.39 is 0 Å². The standard InChI is InChI=1S/C15H18ClN3O/c1-19(9-6-10-20-2)14-11-13(16)17-15(18-14)12-7-4-3-5-8-12/h3-5,7-8,11H,6,9-10H2,1-2H3. The van der Waals surface area contributed by atoms with E-state index in [9.17, 15) is 0 Å². The van der Waals surface area contributed by atoms with Crippen molar-refractivity contribution in [2.24, 2.45) is 0 Å². The van der Waals surface area contributed by atoms with Crippen LogP contribution in [-0.2, 0) is 4.74 Å². The second kappa shape index (κ2) is 7.22. The van der Waals surface area contributed by atoms with Crippen molar-refractivity contribution < 1.29 is 4.74 Å². The van der Waals surface area contributed by atoms with Crippen LogP contribution in [0.25, 0.3) is 11.4 Å². The number of nitrogens with zero attached hydrogens (tertiary/aromatic N) is 3. The fraction of sp³-hybridized carbons (Fsp3) is 0.333. The van der Waals surface area contributed by atoms with Crippen molar-refractivity contribution in [2.45, 2.75) is 6.42 Å². The van der Waals surface area contributed by atoms with E-state index in [1.54, 1.807) is 13.2 Å². The first-order valence-corrected chi connectivity index (χ1v) is 6.88. The molecule has 0 aliphatic rings. The fourth-order valence-corrected chi connectivity index (χ4v) is 2.06. The molecule has 0 aliphatic heterocycles. The molecule has 5 heteroatoms. The Balaban J connectivity index is 2.20. The van der Waals surface area contributed by atoms with Gasteiger partial charge in [-0.1, -0.05) is 41.9 Å². The molecule has 0 radical (unpaired) electrons. The van der Waals surface area contributed by atoms with Crippen LogP contribution >= 0.6 is 11.6 Å². The second-order valence-corrected chi connectivity index (χ2v) is 4.89. The van der Waals surface area contributed by atoms with Gasteiger partial charge in [-0.15, -0.1) is 0 Å². The first kappa shape index (κ1) is 14.8. The summed E-state index contributed by atoms with van der Waals surface area (Å²) in [5.41, 5.74) is 0.960. The molecule has 0 amide bonds. The summed E-state index contributed by atoms with van der Waals surface area (Å²) < 4.78 is 5.06. The topological polar surface area (TPSA) is 38.2 Å².